The lowest BCUT2D eigenvalue weighted by atomic mass is 10.0. The van der Waals surface area contributed by atoms with Gasteiger partial charge in [0.1, 0.15) is 12.2 Å². The number of hydrogen-bond acceptors (Lipinski definition) is 5. The molecule has 0 radical (unpaired) electrons. The molecule has 1 aliphatic heterocycles. The first-order chi connectivity index (χ1) is 10.3. The molecule has 136 valence electrons. The Morgan fingerprint density at radius 1 is 1.26 bits per heavy atom. The molecule has 0 aromatic carbocycles. The largest absolute Gasteiger partial charge is 0.460 e. The van der Waals surface area contributed by atoms with Crippen LogP contribution in [0.4, 0.5) is 0 Å². The fraction of sp³-hybridized carbons (Fsp3) is 0.941. The molecule has 0 saturated carbocycles. The van der Waals surface area contributed by atoms with Gasteiger partial charge in [0.15, 0.2) is 14.6 Å². The van der Waals surface area contributed by atoms with Gasteiger partial charge < -0.3 is 18.6 Å². The maximum absolute atomic E-state index is 11.5. The minimum Gasteiger partial charge on any atom is -0.460 e. The lowest BCUT2D eigenvalue weighted by Gasteiger charge is -2.46. The van der Waals surface area contributed by atoms with E-state index in [-0.39, 0.29) is 41.7 Å². The van der Waals surface area contributed by atoms with Gasteiger partial charge in [-0.2, -0.15) is 0 Å². The summed E-state index contributed by atoms with van der Waals surface area (Å²) in [5.41, 5.74) is 0. The van der Waals surface area contributed by atoms with Gasteiger partial charge in [-0.3, -0.25) is 4.79 Å². The van der Waals surface area contributed by atoms with Crippen LogP contribution in [0.5, 0.6) is 0 Å². The SMILES string of the molecule is CC(=O)O[C@@H]1C[C@H](OC(C)C)O[C@H](C)[C@H]1O[Si](C)(C)C(C)(C)C. The highest BCUT2D eigenvalue weighted by Crippen LogP contribution is 2.39. The van der Waals surface area contributed by atoms with Crippen LogP contribution < -0.4 is 0 Å². The van der Waals surface area contributed by atoms with E-state index < -0.39 is 8.32 Å². The van der Waals surface area contributed by atoms with Crippen LogP contribution in [0, 0.1) is 0 Å². The molecule has 1 saturated heterocycles. The molecule has 23 heavy (non-hydrogen) atoms. The van der Waals surface area contributed by atoms with E-state index in [1.807, 2.05) is 20.8 Å². The molecular weight excluding hydrogens is 312 g/mol. The molecule has 6 heteroatoms. The Morgan fingerprint density at radius 2 is 1.83 bits per heavy atom. The van der Waals surface area contributed by atoms with E-state index in [9.17, 15) is 4.79 Å². The van der Waals surface area contributed by atoms with E-state index in [2.05, 4.69) is 33.9 Å². The average molecular weight is 347 g/mol. The summed E-state index contributed by atoms with van der Waals surface area (Å²) in [4.78, 5) is 11.5. The predicted molar refractivity (Wildman–Crippen MR) is 92.8 cm³/mol. The number of rotatable bonds is 5. The molecule has 5 nitrogen and oxygen atoms in total. The van der Waals surface area contributed by atoms with Gasteiger partial charge in [0.2, 0.25) is 0 Å². The molecule has 1 fully saturated rings. The Labute approximate surface area is 142 Å². The van der Waals surface area contributed by atoms with Crippen molar-refractivity contribution in [1.82, 2.24) is 0 Å². The summed E-state index contributed by atoms with van der Waals surface area (Å²) in [5, 5.41) is 0.0821. The Morgan fingerprint density at radius 3 is 2.26 bits per heavy atom. The molecule has 4 atom stereocenters. The highest BCUT2D eigenvalue weighted by molar-refractivity contribution is 6.74. The van der Waals surface area contributed by atoms with Crippen LogP contribution in [-0.2, 0) is 23.4 Å². The van der Waals surface area contributed by atoms with Crippen LogP contribution in [0.2, 0.25) is 18.1 Å². The van der Waals surface area contributed by atoms with Crippen LogP contribution in [0.25, 0.3) is 0 Å². The predicted octanol–water partition coefficient (Wildman–Crippen LogP) is 3.87. The number of hydrogen-bond donors (Lipinski definition) is 0. The summed E-state index contributed by atoms with van der Waals surface area (Å²) >= 11 is 0. The third-order valence-corrected chi connectivity index (χ3v) is 9.07. The van der Waals surface area contributed by atoms with Crippen molar-refractivity contribution in [3.05, 3.63) is 0 Å². The molecule has 0 amide bonds. The summed E-state index contributed by atoms with van der Waals surface area (Å²) in [6.07, 6.45) is -0.593. The van der Waals surface area contributed by atoms with Gasteiger partial charge in [-0.05, 0) is 38.9 Å². The maximum Gasteiger partial charge on any atom is 0.302 e. The van der Waals surface area contributed by atoms with Crippen LogP contribution in [0.3, 0.4) is 0 Å². The van der Waals surface area contributed by atoms with Crippen molar-refractivity contribution >= 4 is 14.3 Å². The summed E-state index contributed by atoms with van der Waals surface area (Å²) in [7, 11) is -1.99. The molecule has 1 heterocycles. The molecule has 0 aromatic rings. The van der Waals surface area contributed by atoms with E-state index in [4.69, 9.17) is 18.6 Å². The number of carbonyl (C=O) groups excluding carboxylic acids is 1. The summed E-state index contributed by atoms with van der Waals surface area (Å²) in [6.45, 7) is 18.3. The van der Waals surface area contributed by atoms with Crippen molar-refractivity contribution in [2.45, 2.75) is 104 Å². The van der Waals surface area contributed by atoms with Gasteiger partial charge in [0.05, 0.1) is 12.2 Å². The molecule has 0 bridgehead atoms. The number of ether oxygens (including phenoxy) is 3. The minimum absolute atomic E-state index is 0.0584. The van der Waals surface area contributed by atoms with Crippen molar-refractivity contribution in [3.63, 3.8) is 0 Å². The minimum atomic E-state index is -1.99. The smallest absolute Gasteiger partial charge is 0.302 e. The first-order valence-electron chi connectivity index (χ1n) is 8.49. The van der Waals surface area contributed by atoms with Crippen LogP contribution in [0.1, 0.15) is 54.9 Å². The average Bonchev–Trinajstić information content (AvgIpc) is 2.30. The topological polar surface area (TPSA) is 54.0 Å². The normalized spacial score (nSPS) is 29.7. The zero-order valence-electron chi connectivity index (χ0n) is 16.1. The Kier molecular flexibility index (Phi) is 6.84. The van der Waals surface area contributed by atoms with Crippen molar-refractivity contribution in [3.8, 4) is 0 Å². The Bertz CT molecular complexity index is 402. The molecule has 0 N–H and O–H groups in total. The van der Waals surface area contributed by atoms with E-state index in [1.54, 1.807) is 0 Å². The van der Waals surface area contributed by atoms with Crippen LogP contribution in [-0.4, -0.2) is 45.0 Å². The summed E-state index contributed by atoms with van der Waals surface area (Å²) < 4.78 is 23.8. The zero-order chi connectivity index (χ0) is 18.0. The highest BCUT2D eigenvalue weighted by Gasteiger charge is 2.46. The molecule has 0 aliphatic carbocycles. The molecule has 0 unspecified atom stereocenters. The van der Waals surface area contributed by atoms with Crippen molar-refractivity contribution in [2.24, 2.45) is 0 Å². The first-order valence-corrected chi connectivity index (χ1v) is 11.4. The maximum atomic E-state index is 11.5. The van der Waals surface area contributed by atoms with E-state index >= 15 is 0 Å². The first kappa shape index (κ1) is 20.6. The standard InChI is InChI=1S/C17H34O5Si/c1-11(2)19-15-10-14(21-13(4)18)16(12(3)20-15)22-23(8,9)17(5,6)7/h11-12,14-16H,10H2,1-9H3/t12-,14-,15-,16-/m1/s1. The van der Waals surface area contributed by atoms with Crippen molar-refractivity contribution in [2.75, 3.05) is 0 Å². The molecule has 1 aliphatic rings. The fourth-order valence-electron chi connectivity index (χ4n) is 2.41. The fourth-order valence-corrected chi connectivity index (χ4v) is 3.78. The van der Waals surface area contributed by atoms with Crippen molar-refractivity contribution in [1.29, 1.82) is 0 Å². The van der Waals surface area contributed by atoms with E-state index in [0.717, 1.165) is 0 Å². The monoisotopic (exact) mass is 346 g/mol. The quantitative estimate of drug-likeness (QED) is 0.559. The lowest BCUT2D eigenvalue weighted by molar-refractivity contribution is -0.256. The van der Waals surface area contributed by atoms with Crippen LogP contribution in [0.15, 0.2) is 0 Å². The van der Waals surface area contributed by atoms with Crippen LogP contribution >= 0.6 is 0 Å². The second-order valence-electron chi connectivity index (χ2n) is 8.18. The third-order valence-electron chi connectivity index (χ3n) is 4.60. The molecule has 0 spiro atoms. The third kappa shape index (κ3) is 5.85. The lowest BCUT2D eigenvalue weighted by Crippen LogP contribution is -2.56. The number of esters is 1. The highest BCUT2D eigenvalue weighted by atomic mass is 28.4. The second-order valence-corrected chi connectivity index (χ2v) is 12.9. The summed E-state index contributed by atoms with van der Waals surface area (Å²) in [5.74, 6) is -0.295. The molecule has 0 aromatic heterocycles. The Hall–Kier alpha value is -0.433. The van der Waals surface area contributed by atoms with Gasteiger partial charge in [-0.25, -0.2) is 0 Å². The van der Waals surface area contributed by atoms with Gasteiger partial charge in [-0.1, -0.05) is 20.8 Å². The summed E-state index contributed by atoms with van der Waals surface area (Å²) in [6, 6.07) is 0. The molecule has 1 rings (SSSR count). The Balaban J connectivity index is 2.92. The van der Waals surface area contributed by atoms with Gasteiger partial charge in [0.25, 0.3) is 0 Å². The van der Waals surface area contributed by atoms with Gasteiger partial charge in [-0.15, -0.1) is 0 Å². The van der Waals surface area contributed by atoms with E-state index in [1.165, 1.54) is 6.92 Å². The van der Waals surface area contributed by atoms with Gasteiger partial charge >= 0.3 is 5.97 Å². The molecular formula is C17H34O5Si. The van der Waals surface area contributed by atoms with E-state index in [0.29, 0.717) is 6.42 Å². The second kappa shape index (κ2) is 7.63. The van der Waals surface area contributed by atoms with Crippen molar-refractivity contribution < 1.29 is 23.4 Å². The van der Waals surface area contributed by atoms with Gasteiger partial charge in [0, 0.05) is 13.3 Å². The zero-order valence-corrected chi connectivity index (χ0v) is 17.1. The number of carbonyl (C=O) groups is 1.